The quantitative estimate of drug-likeness (QED) is 0.680. The van der Waals surface area contributed by atoms with Crippen molar-refractivity contribution < 1.29 is 19.1 Å². The molecule has 0 bridgehead atoms. The molecule has 3 rings (SSSR count). The van der Waals surface area contributed by atoms with Crippen LogP contribution in [0.2, 0.25) is 5.02 Å². The van der Waals surface area contributed by atoms with Crippen molar-refractivity contribution in [1.29, 1.82) is 0 Å². The van der Waals surface area contributed by atoms with Gasteiger partial charge in [0.2, 0.25) is 0 Å². The zero-order chi connectivity index (χ0) is 20.8. The fraction of sp³-hybridized carbons (Fsp3) is 0.350. The Morgan fingerprint density at radius 2 is 2.03 bits per heavy atom. The van der Waals surface area contributed by atoms with Gasteiger partial charge in [-0.05, 0) is 36.6 Å². The van der Waals surface area contributed by atoms with E-state index in [1.165, 1.54) is 32.1 Å². The molecule has 0 saturated carbocycles. The first-order valence-electron chi connectivity index (χ1n) is 9.24. The third-order valence-electron chi connectivity index (χ3n) is 4.54. The molecule has 29 heavy (non-hydrogen) atoms. The highest BCUT2D eigenvalue weighted by molar-refractivity contribution is 6.32. The Morgan fingerprint density at radius 1 is 1.28 bits per heavy atom. The Bertz CT molecular complexity index is 883. The van der Waals surface area contributed by atoms with E-state index in [4.69, 9.17) is 26.8 Å². The van der Waals surface area contributed by atoms with E-state index in [9.17, 15) is 9.59 Å². The smallest absolute Gasteiger partial charge is 0.255 e. The molecule has 0 aliphatic carbocycles. The summed E-state index contributed by atoms with van der Waals surface area (Å²) in [6.07, 6.45) is 4.15. The van der Waals surface area contributed by atoms with Gasteiger partial charge in [-0.25, -0.2) is 4.98 Å². The molecule has 2 aromatic rings. The molecule has 0 radical (unpaired) electrons. The van der Waals surface area contributed by atoms with Crippen LogP contribution in [-0.2, 0) is 11.3 Å². The van der Waals surface area contributed by atoms with Crippen LogP contribution in [0.25, 0.3) is 0 Å². The van der Waals surface area contributed by atoms with Gasteiger partial charge in [-0.2, -0.15) is 0 Å². The van der Waals surface area contributed by atoms with Crippen molar-refractivity contribution in [2.24, 2.45) is 5.73 Å². The molecule has 9 heteroatoms. The average Bonchev–Trinajstić information content (AvgIpc) is 3.25. The molecule has 1 fully saturated rings. The number of pyridine rings is 1. The largest absolute Gasteiger partial charge is 0.493 e. The maximum absolute atomic E-state index is 12.5. The minimum Gasteiger partial charge on any atom is -0.493 e. The summed E-state index contributed by atoms with van der Waals surface area (Å²) in [6.45, 7) is 2.05. The van der Waals surface area contributed by atoms with E-state index in [0.717, 1.165) is 24.5 Å². The first-order chi connectivity index (χ1) is 14.0. The van der Waals surface area contributed by atoms with E-state index in [0.29, 0.717) is 12.1 Å². The van der Waals surface area contributed by atoms with E-state index >= 15 is 0 Å². The third kappa shape index (κ3) is 5.29. The fourth-order valence-electron chi connectivity index (χ4n) is 3.07. The molecule has 2 amide bonds. The Kier molecular flexibility index (Phi) is 6.77. The molecule has 2 heterocycles. The van der Waals surface area contributed by atoms with Crippen LogP contribution in [0.4, 0.5) is 5.82 Å². The van der Waals surface area contributed by atoms with Crippen molar-refractivity contribution in [3.63, 3.8) is 0 Å². The third-order valence-corrected chi connectivity index (χ3v) is 4.82. The number of halogens is 1. The predicted octanol–water partition coefficient (Wildman–Crippen LogP) is 2.14. The summed E-state index contributed by atoms with van der Waals surface area (Å²) in [6, 6.07) is 6.86. The Morgan fingerprint density at radius 3 is 2.66 bits per heavy atom. The van der Waals surface area contributed by atoms with Gasteiger partial charge in [-0.1, -0.05) is 17.7 Å². The first-order valence-corrected chi connectivity index (χ1v) is 9.62. The second kappa shape index (κ2) is 9.47. The zero-order valence-corrected chi connectivity index (χ0v) is 16.9. The molecule has 0 spiro atoms. The molecule has 0 unspecified atom stereocenters. The van der Waals surface area contributed by atoms with Gasteiger partial charge in [0.15, 0.2) is 18.1 Å². The number of methoxy groups -OCH3 is 1. The number of anilines is 1. The molecule has 154 valence electrons. The van der Waals surface area contributed by atoms with Gasteiger partial charge in [0.25, 0.3) is 11.8 Å². The van der Waals surface area contributed by atoms with Gasteiger partial charge in [-0.15, -0.1) is 0 Å². The topological polar surface area (TPSA) is 107 Å². The summed E-state index contributed by atoms with van der Waals surface area (Å²) in [5, 5.41) is 2.98. The average molecular weight is 419 g/mol. The number of aromatic nitrogens is 1. The lowest BCUT2D eigenvalue weighted by Crippen LogP contribution is -2.24. The van der Waals surface area contributed by atoms with Crippen LogP contribution in [0.1, 0.15) is 28.8 Å². The van der Waals surface area contributed by atoms with Crippen molar-refractivity contribution in [3.8, 4) is 11.5 Å². The van der Waals surface area contributed by atoms with Crippen LogP contribution in [0.5, 0.6) is 11.5 Å². The van der Waals surface area contributed by atoms with Crippen molar-refractivity contribution in [2.75, 3.05) is 31.7 Å². The number of nitrogens with two attached hydrogens (primary N) is 1. The van der Waals surface area contributed by atoms with E-state index in [1.807, 2.05) is 12.1 Å². The fourth-order valence-corrected chi connectivity index (χ4v) is 3.34. The highest BCUT2D eigenvalue weighted by Gasteiger charge is 2.17. The molecule has 8 nitrogen and oxygen atoms in total. The number of amides is 2. The molecule has 3 N–H and O–H groups in total. The molecule has 1 saturated heterocycles. The standard InChI is InChI=1S/C20H23ClN4O4/c1-28-16-9-14(8-15(21)19(16)29-12-17(22)26)20(27)24-11-13-4-5-18(23-10-13)25-6-2-3-7-25/h4-5,8-10H,2-3,6-7,11-12H2,1H3,(H2,22,26)(H,24,27). The van der Waals surface area contributed by atoms with Crippen LogP contribution < -0.4 is 25.4 Å². The van der Waals surface area contributed by atoms with Crippen LogP contribution in [0.3, 0.4) is 0 Å². The normalized spacial score (nSPS) is 13.2. The molecule has 0 atom stereocenters. The Balaban J connectivity index is 1.64. The van der Waals surface area contributed by atoms with Gasteiger partial charge in [0, 0.05) is 31.4 Å². The Labute approximate surface area is 173 Å². The first kappa shape index (κ1) is 20.7. The number of primary amides is 1. The van der Waals surface area contributed by atoms with E-state index in [1.54, 1.807) is 6.20 Å². The number of benzene rings is 1. The summed E-state index contributed by atoms with van der Waals surface area (Å²) in [5.41, 5.74) is 6.27. The zero-order valence-electron chi connectivity index (χ0n) is 16.1. The summed E-state index contributed by atoms with van der Waals surface area (Å²) in [5.74, 6) is 0.386. The lowest BCUT2D eigenvalue weighted by atomic mass is 10.1. The molecule has 1 aromatic heterocycles. The van der Waals surface area contributed by atoms with Crippen LogP contribution in [0, 0.1) is 0 Å². The van der Waals surface area contributed by atoms with Crippen molar-refractivity contribution in [3.05, 3.63) is 46.6 Å². The van der Waals surface area contributed by atoms with Gasteiger partial charge in [-0.3, -0.25) is 9.59 Å². The van der Waals surface area contributed by atoms with E-state index < -0.39 is 5.91 Å². The van der Waals surface area contributed by atoms with Gasteiger partial charge >= 0.3 is 0 Å². The van der Waals surface area contributed by atoms with Gasteiger partial charge in [0.05, 0.1) is 12.1 Å². The maximum atomic E-state index is 12.5. The number of hydrogen-bond acceptors (Lipinski definition) is 6. The highest BCUT2D eigenvalue weighted by Crippen LogP contribution is 2.36. The number of nitrogens with zero attached hydrogens (tertiary/aromatic N) is 2. The molecular formula is C20H23ClN4O4. The van der Waals surface area contributed by atoms with Crippen molar-refractivity contribution in [2.45, 2.75) is 19.4 Å². The Hall–Kier alpha value is -3.00. The molecular weight excluding hydrogens is 396 g/mol. The number of carbonyl (C=O) groups excluding carboxylic acids is 2. The lowest BCUT2D eigenvalue weighted by molar-refractivity contribution is -0.119. The summed E-state index contributed by atoms with van der Waals surface area (Å²) in [7, 11) is 1.41. The monoisotopic (exact) mass is 418 g/mol. The van der Waals surface area contributed by atoms with Crippen LogP contribution >= 0.6 is 11.6 Å². The molecule has 1 aliphatic rings. The summed E-state index contributed by atoms with van der Waals surface area (Å²) >= 11 is 6.19. The number of nitrogens with one attached hydrogen (secondary N) is 1. The van der Waals surface area contributed by atoms with Crippen molar-refractivity contribution >= 4 is 29.2 Å². The van der Waals surface area contributed by atoms with Gasteiger partial charge in [0.1, 0.15) is 5.82 Å². The van der Waals surface area contributed by atoms with E-state index in [-0.39, 0.29) is 29.0 Å². The highest BCUT2D eigenvalue weighted by atomic mass is 35.5. The summed E-state index contributed by atoms with van der Waals surface area (Å²) < 4.78 is 10.5. The second-order valence-corrected chi connectivity index (χ2v) is 7.05. The molecule has 1 aliphatic heterocycles. The molecule has 1 aromatic carbocycles. The predicted molar refractivity (Wildman–Crippen MR) is 110 cm³/mol. The van der Waals surface area contributed by atoms with Crippen LogP contribution in [-0.4, -0.2) is 43.6 Å². The lowest BCUT2D eigenvalue weighted by Gasteiger charge is -2.16. The number of rotatable bonds is 8. The van der Waals surface area contributed by atoms with Crippen molar-refractivity contribution in [1.82, 2.24) is 10.3 Å². The van der Waals surface area contributed by atoms with Gasteiger partial charge < -0.3 is 25.4 Å². The number of ether oxygens (including phenoxy) is 2. The SMILES string of the molecule is COc1cc(C(=O)NCc2ccc(N3CCCC3)nc2)cc(Cl)c1OCC(N)=O. The number of hydrogen-bond donors (Lipinski definition) is 2. The summed E-state index contributed by atoms with van der Waals surface area (Å²) in [4.78, 5) is 30.2. The van der Waals surface area contributed by atoms with Crippen LogP contribution in [0.15, 0.2) is 30.5 Å². The van der Waals surface area contributed by atoms with E-state index in [2.05, 4.69) is 15.2 Å². The maximum Gasteiger partial charge on any atom is 0.255 e. The minimum absolute atomic E-state index is 0.146. The second-order valence-electron chi connectivity index (χ2n) is 6.65. The number of carbonyl (C=O) groups is 2. The minimum atomic E-state index is -0.644.